The van der Waals surface area contributed by atoms with Gasteiger partial charge < -0.3 is 15.0 Å². The number of benzene rings is 2. The van der Waals surface area contributed by atoms with E-state index in [0.717, 1.165) is 11.1 Å². The van der Waals surface area contributed by atoms with E-state index in [0.29, 0.717) is 31.8 Å². The highest BCUT2D eigenvalue weighted by molar-refractivity contribution is 5.94. The lowest BCUT2D eigenvalue weighted by molar-refractivity contribution is -0.116. The summed E-state index contributed by atoms with van der Waals surface area (Å²) < 4.78 is 5.90. The van der Waals surface area contributed by atoms with Crippen LogP contribution in [0.3, 0.4) is 0 Å². The first-order valence-corrected chi connectivity index (χ1v) is 9.04. The number of amides is 2. The zero-order valence-corrected chi connectivity index (χ0v) is 15.5. The summed E-state index contributed by atoms with van der Waals surface area (Å²) >= 11 is 0. The maximum Gasteiger partial charge on any atom is 0.254 e. The van der Waals surface area contributed by atoms with E-state index in [1.165, 1.54) is 11.6 Å². The molecule has 2 aromatic carbocycles. The van der Waals surface area contributed by atoms with Gasteiger partial charge in [-0.1, -0.05) is 43.0 Å². The van der Waals surface area contributed by atoms with Gasteiger partial charge in [-0.3, -0.25) is 9.59 Å². The molecule has 0 aliphatic carbocycles. The molecule has 1 unspecified atom stereocenters. The van der Waals surface area contributed by atoms with Gasteiger partial charge in [0.1, 0.15) is 6.10 Å². The van der Waals surface area contributed by atoms with E-state index in [4.69, 9.17) is 4.74 Å². The minimum atomic E-state index is -0.217. The van der Waals surface area contributed by atoms with Gasteiger partial charge in [0, 0.05) is 18.7 Å². The Balaban J connectivity index is 1.65. The van der Waals surface area contributed by atoms with E-state index in [-0.39, 0.29) is 17.9 Å². The van der Waals surface area contributed by atoms with Crippen molar-refractivity contribution in [1.82, 2.24) is 10.2 Å². The molecule has 0 spiro atoms. The lowest BCUT2D eigenvalue weighted by Gasteiger charge is -2.34. The van der Waals surface area contributed by atoms with Crippen molar-refractivity contribution < 1.29 is 14.3 Å². The average Bonchev–Trinajstić information content (AvgIpc) is 2.72. The van der Waals surface area contributed by atoms with Crippen LogP contribution in [0.2, 0.25) is 0 Å². The molecule has 2 amide bonds. The third-order valence-electron chi connectivity index (χ3n) is 4.74. The summed E-state index contributed by atoms with van der Waals surface area (Å²) in [5.74, 6) is -0.218. The van der Waals surface area contributed by atoms with Crippen molar-refractivity contribution in [3.05, 3.63) is 83.4 Å². The van der Waals surface area contributed by atoms with Crippen molar-refractivity contribution in [2.45, 2.75) is 19.6 Å². The van der Waals surface area contributed by atoms with Gasteiger partial charge in [0.25, 0.3) is 5.91 Å². The number of morpholine rings is 1. The Morgan fingerprint density at radius 2 is 1.96 bits per heavy atom. The molecule has 140 valence electrons. The first kappa shape index (κ1) is 18.9. The van der Waals surface area contributed by atoms with Gasteiger partial charge in [-0.15, -0.1) is 0 Å². The summed E-state index contributed by atoms with van der Waals surface area (Å²) in [4.78, 5) is 26.0. The molecule has 0 saturated carbocycles. The second kappa shape index (κ2) is 8.64. The molecule has 1 aliphatic rings. The topological polar surface area (TPSA) is 58.6 Å². The Kier molecular flexibility index (Phi) is 6.04. The van der Waals surface area contributed by atoms with Crippen LogP contribution in [0.5, 0.6) is 0 Å². The summed E-state index contributed by atoms with van der Waals surface area (Å²) in [6.07, 6.45) is 1.14. The number of hydrogen-bond acceptors (Lipinski definition) is 3. The lowest BCUT2D eigenvalue weighted by atomic mass is 10.0. The average molecular weight is 364 g/mol. The van der Waals surface area contributed by atoms with Crippen molar-refractivity contribution in [2.75, 3.05) is 19.7 Å². The van der Waals surface area contributed by atoms with Crippen LogP contribution in [0, 0.1) is 6.92 Å². The van der Waals surface area contributed by atoms with Crippen molar-refractivity contribution >= 4 is 11.8 Å². The molecule has 5 heteroatoms. The largest absolute Gasteiger partial charge is 0.370 e. The van der Waals surface area contributed by atoms with Crippen LogP contribution in [0.15, 0.2) is 61.2 Å². The standard InChI is InChI=1S/C22H24N2O3/c1-3-21(25)23-14-17-8-10-18(11-9-17)22(26)24-12-13-27-20(15-24)19-7-5-4-6-16(19)2/h3-11,20H,1,12-15H2,2H3,(H,23,25). The normalized spacial score (nSPS) is 16.6. The Morgan fingerprint density at radius 1 is 1.22 bits per heavy atom. The Labute approximate surface area is 159 Å². The van der Waals surface area contributed by atoms with Crippen molar-refractivity contribution in [2.24, 2.45) is 0 Å². The third kappa shape index (κ3) is 4.63. The Hall–Kier alpha value is -2.92. The molecule has 27 heavy (non-hydrogen) atoms. The highest BCUT2D eigenvalue weighted by atomic mass is 16.5. The number of nitrogens with one attached hydrogen (secondary N) is 1. The zero-order chi connectivity index (χ0) is 19.2. The Morgan fingerprint density at radius 3 is 2.67 bits per heavy atom. The summed E-state index contributed by atoms with van der Waals surface area (Å²) in [6.45, 7) is 7.54. The number of nitrogens with zero attached hydrogens (tertiary/aromatic N) is 1. The highest BCUT2D eigenvalue weighted by Gasteiger charge is 2.26. The van der Waals surface area contributed by atoms with E-state index < -0.39 is 0 Å². The summed E-state index contributed by atoms with van der Waals surface area (Å²) in [5, 5.41) is 2.72. The van der Waals surface area contributed by atoms with Gasteiger partial charge in [-0.2, -0.15) is 0 Å². The first-order chi connectivity index (χ1) is 13.1. The van der Waals surface area contributed by atoms with Crippen LogP contribution in [0.4, 0.5) is 0 Å². The quantitative estimate of drug-likeness (QED) is 0.830. The van der Waals surface area contributed by atoms with Gasteiger partial charge in [-0.25, -0.2) is 0 Å². The fraction of sp³-hybridized carbons (Fsp3) is 0.273. The molecular weight excluding hydrogens is 340 g/mol. The SMILES string of the molecule is C=CC(=O)NCc1ccc(C(=O)N2CCOC(c3ccccc3C)C2)cc1. The number of carbonyl (C=O) groups is 2. The third-order valence-corrected chi connectivity index (χ3v) is 4.74. The van der Waals surface area contributed by atoms with Crippen molar-refractivity contribution in [3.8, 4) is 0 Å². The van der Waals surface area contributed by atoms with E-state index >= 15 is 0 Å². The molecule has 5 nitrogen and oxygen atoms in total. The second-order valence-electron chi connectivity index (χ2n) is 6.59. The predicted molar refractivity (Wildman–Crippen MR) is 104 cm³/mol. The molecule has 0 radical (unpaired) electrons. The molecule has 1 heterocycles. The molecule has 0 aromatic heterocycles. The van der Waals surface area contributed by atoms with Crippen LogP contribution >= 0.6 is 0 Å². The molecule has 1 N–H and O–H groups in total. The summed E-state index contributed by atoms with van der Waals surface area (Å²) in [6, 6.07) is 15.4. The fourth-order valence-corrected chi connectivity index (χ4v) is 3.18. The van der Waals surface area contributed by atoms with E-state index in [2.05, 4.69) is 31.0 Å². The maximum atomic E-state index is 12.9. The molecule has 0 bridgehead atoms. The molecule has 1 fully saturated rings. The van der Waals surface area contributed by atoms with Gasteiger partial charge in [0.15, 0.2) is 0 Å². The predicted octanol–water partition coefficient (Wildman–Crippen LogP) is 3.01. The van der Waals surface area contributed by atoms with E-state index in [1.54, 1.807) is 12.1 Å². The molecule has 1 saturated heterocycles. The number of aryl methyl sites for hydroxylation is 1. The lowest BCUT2D eigenvalue weighted by Crippen LogP contribution is -2.42. The van der Waals surface area contributed by atoms with E-state index in [9.17, 15) is 9.59 Å². The van der Waals surface area contributed by atoms with Crippen molar-refractivity contribution in [1.29, 1.82) is 0 Å². The molecule has 3 rings (SSSR count). The first-order valence-electron chi connectivity index (χ1n) is 9.04. The maximum absolute atomic E-state index is 12.9. The summed E-state index contributed by atoms with van der Waals surface area (Å²) in [5.41, 5.74) is 3.87. The number of ether oxygens (including phenoxy) is 1. The fourth-order valence-electron chi connectivity index (χ4n) is 3.18. The van der Waals surface area contributed by atoms with Gasteiger partial charge in [0.2, 0.25) is 5.91 Å². The number of hydrogen-bond donors (Lipinski definition) is 1. The number of carbonyl (C=O) groups excluding carboxylic acids is 2. The smallest absolute Gasteiger partial charge is 0.254 e. The van der Waals surface area contributed by atoms with Crippen LogP contribution in [0.1, 0.15) is 33.2 Å². The van der Waals surface area contributed by atoms with Crippen LogP contribution in [0.25, 0.3) is 0 Å². The minimum Gasteiger partial charge on any atom is -0.370 e. The zero-order valence-electron chi connectivity index (χ0n) is 15.5. The van der Waals surface area contributed by atoms with Crippen LogP contribution in [-0.4, -0.2) is 36.4 Å². The molecule has 1 aliphatic heterocycles. The van der Waals surface area contributed by atoms with Crippen LogP contribution < -0.4 is 5.32 Å². The van der Waals surface area contributed by atoms with Crippen LogP contribution in [-0.2, 0) is 16.1 Å². The minimum absolute atomic E-state index is 0.00133. The van der Waals surface area contributed by atoms with Crippen molar-refractivity contribution in [3.63, 3.8) is 0 Å². The molecular formula is C22H24N2O3. The van der Waals surface area contributed by atoms with E-state index in [1.807, 2.05) is 29.2 Å². The van der Waals surface area contributed by atoms with Gasteiger partial charge in [0.05, 0.1) is 13.2 Å². The highest BCUT2D eigenvalue weighted by Crippen LogP contribution is 2.25. The second-order valence-corrected chi connectivity index (χ2v) is 6.59. The van der Waals surface area contributed by atoms with Gasteiger partial charge in [-0.05, 0) is 41.8 Å². The van der Waals surface area contributed by atoms with Gasteiger partial charge >= 0.3 is 0 Å². The Bertz CT molecular complexity index is 830. The molecule has 1 atom stereocenters. The summed E-state index contributed by atoms with van der Waals surface area (Å²) in [7, 11) is 0. The number of rotatable bonds is 5. The molecule has 2 aromatic rings. The monoisotopic (exact) mass is 364 g/mol.